The van der Waals surface area contributed by atoms with E-state index in [0.29, 0.717) is 12.5 Å². The summed E-state index contributed by atoms with van der Waals surface area (Å²) in [5.41, 5.74) is 1.14. The molecule has 0 spiro atoms. The van der Waals surface area contributed by atoms with Crippen molar-refractivity contribution < 1.29 is 4.79 Å². The predicted octanol–water partition coefficient (Wildman–Crippen LogP) is 3.72. The van der Waals surface area contributed by atoms with Crippen molar-refractivity contribution in [2.75, 3.05) is 18.6 Å². The lowest BCUT2D eigenvalue weighted by molar-refractivity contribution is -0.124. The van der Waals surface area contributed by atoms with Gasteiger partial charge in [0.2, 0.25) is 5.91 Å². The summed E-state index contributed by atoms with van der Waals surface area (Å²) >= 11 is 3.45. The number of hydrogen-bond acceptors (Lipinski definition) is 4. The first kappa shape index (κ1) is 18.1. The third kappa shape index (κ3) is 5.39. The SMILES string of the molecule is CSCC[C@@H](C(=O)NCCc1nc(C(C)C)cs1)n1cccc1. The van der Waals surface area contributed by atoms with Gasteiger partial charge in [-0.05, 0) is 36.5 Å². The molecule has 0 aliphatic heterocycles. The van der Waals surface area contributed by atoms with Crippen molar-refractivity contribution in [3.63, 3.8) is 0 Å². The molecule has 0 fully saturated rings. The highest BCUT2D eigenvalue weighted by atomic mass is 32.2. The third-order valence-corrected chi connectivity index (χ3v) is 5.26. The van der Waals surface area contributed by atoms with E-state index in [4.69, 9.17) is 0 Å². The van der Waals surface area contributed by atoms with Gasteiger partial charge < -0.3 is 9.88 Å². The molecule has 1 amide bonds. The molecule has 0 aliphatic rings. The minimum Gasteiger partial charge on any atom is -0.354 e. The highest BCUT2D eigenvalue weighted by Gasteiger charge is 2.18. The molecular weight excluding hydrogens is 326 g/mol. The van der Waals surface area contributed by atoms with Crippen LogP contribution in [0.4, 0.5) is 0 Å². The van der Waals surface area contributed by atoms with Gasteiger partial charge in [0.15, 0.2) is 0 Å². The minimum atomic E-state index is -0.125. The average Bonchev–Trinajstić information content (AvgIpc) is 3.19. The van der Waals surface area contributed by atoms with Crippen molar-refractivity contribution in [3.05, 3.63) is 40.6 Å². The zero-order valence-corrected chi connectivity index (χ0v) is 15.6. The Kier molecular flexibility index (Phi) is 7.17. The van der Waals surface area contributed by atoms with Gasteiger partial charge >= 0.3 is 0 Å². The van der Waals surface area contributed by atoms with Gasteiger partial charge in [-0.3, -0.25) is 4.79 Å². The Balaban J connectivity index is 1.85. The van der Waals surface area contributed by atoms with Crippen molar-refractivity contribution >= 4 is 29.0 Å². The molecule has 0 unspecified atom stereocenters. The van der Waals surface area contributed by atoms with E-state index in [0.717, 1.165) is 29.3 Å². The van der Waals surface area contributed by atoms with Crippen LogP contribution in [0.5, 0.6) is 0 Å². The van der Waals surface area contributed by atoms with Gasteiger partial charge in [0.1, 0.15) is 6.04 Å². The summed E-state index contributed by atoms with van der Waals surface area (Å²) in [7, 11) is 0. The van der Waals surface area contributed by atoms with Crippen LogP contribution in [-0.2, 0) is 11.2 Å². The quantitative estimate of drug-likeness (QED) is 0.749. The van der Waals surface area contributed by atoms with Gasteiger partial charge in [0.05, 0.1) is 10.7 Å². The molecule has 126 valence electrons. The second-order valence-electron chi connectivity index (χ2n) is 5.79. The summed E-state index contributed by atoms with van der Waals surface area (Å²) in [6, 6.07) is 3.80. The maximum absolute atomic E-state index is 12.5. The van der Waals surface area contributed by atoms with Gasteiger partial charge in [0.25, 0.3) is 0 Å². The summed E-state index contributed by atoms with van der Waals surface area (Å²) in [6.07, 6.45) is 7.63. The van der Waals surface area contributed by atoms with Gasteiger partial charge in [0, 0.05) is 30.7 Å². The van der Waals surface area contributed by atoms with Crippen molar-refractivity contribution in [2.45, 2.75) is 38.6 Å². The van der Waals surface area contributed by atoms with Crippen LogP contribution >= 0.6 is 23.1 Å². The fourth-order valence-electron chi connectivity index (χ4n) is 2.32. The Morgan fingerprint density at radius 3 is 2.74 bits per heavy atom. The van der Waals surface area contributed by atoms with Crippen LogP contribution in [0.2, 0.25) is 0 Å². The van der Waals surface area contributed by atoms with E-state index in [2.05, 4.69) is 35.8 Å². The molecule has 0 aromatic carbocycles. The number of rotatable bonds is 9. The lowest BCUT2D eigenvalue weighted by Gasteiger charge is -2.18. The van der Waals surface area contributed by atoms with Crippen LogP contribution < -0.4 is 5.32 Å². The third-order valence-electron chi connectivity index (χ3n) is 3.68. The second kappa shape index (κ2) is 9.13. The Morgan fingerprint density at radius 2 is 2.13 bits per heavy atom. The molecule has 0 bridgehead atoms. The van der Waals surface area contributed by atoms with E-state index in [9.17, 15) is 4.79 Å². The summed E-state index contributed by atoms with van der Waals surface area (Å²) in [5.74, 6) is 1.52. The molecule has 23 heavy (non-hydrogen) atoms. The maximum atomic E-state index is 12.5. The number of thioether (sulfide) groups is 1. The first-order valence-corrected chi connectivity index (χ1v) is 10.2. The average molecular weight is 352 g/mol. The molecule has 1 N–H and O–H groups in total. The Hall–Kier alpha value is -1.27. The molecule has 0 saturated carbocycles. The van der Waals surface area contributed by atoms with Crippen molar-refractivity contribution in [1.82, 2.24) is 14.9 Å². The van der Waals surface area contributed by atoms with Crippen LogP contribution in [0.15, 0.2) is 29.9 Å². The first-order chi connectivity index (χ1) is 11.1. The molecule has 1 atom stereocenters. The number of carbonyl (C=O) groups is 1. The molecule has 0 radical (unpaired) electrons. The van der Waals surface area contributed by atoms with Gasteiger partial charge in [-0.15, -0.1) is 11.3 Å². The van der Waals surface area contributed by atoms with Crippen LogP contribution in [0.25, 0.3) is 0 Å². The molecule has 2 aromatic rings. The normalized spacial score (nSPS) is 12.5. The molecule has 6 heteroatoms. The Morgan fingerprint density at radius 1 is 1.39 bits per heavy atom. The number of thiazole rings is 1. The number of carbonyl (C=O) groups excluding carboxylic acids is 1. The summed E-state index contributed by atoms with van der Waals surface area (Å²) in [5, 5.41) is 6.27. The van der Waals surface area contributed by atoms with Crippen molar-refractivity contribution in [3.8, 4) is 0 Å². The number of nitrogens with zero attached hydrogens (tertiary/aromatic N) is 2. The van der Waals surface area contributed by atoms with Crippen LogP contribution in [0, 0.1) is 0 Å². The monoisotopic (exact) mass is 351 g/mol. The Bertz CT molecular complexity index is 593. The van der Waals surface area contributed by atoms with E-state index in [1.807, 2.05) is 29.1 Å². The fourth-order valence-corrected chi connectivity index (χ4v) is 3.73. The van der Waals surface area contributed by atoms with Crippen molar-refractivity contribution in [1.29, 1.82) is 0 Å². The molecule has 0 aliphatic carbocycles. The lowest BCUT2D eigenvalue weighted by atomic mass is 10.2. The summed E-state index contributed by atoms with van der Waals surface area (Å²) in [6.45, 7) is 4.93. The molecule has 2 aromatic heterocycles. The summed E-state index contributed by atoms with van der Waals surface area (Å²) < 4.78 is 1.99. The largest absolute Gasteiger partial charge is 0.354 e. The fraction of sp³-hybridized carbons (Fsp3) is 0.529. The number of hydrogen-bond donors (Lipinski definition) is 1. The van der Waals surface area contributed by atoms with Crippen LogP contribution in [0.3, 0.4) is 0 Å². The second-order valence-corrected chi connectivity index (χ2v) is 7.72. The first-order valence-electron chi connectivity index (χ1n) is 7.95. The zero-order chi connectivity index (χ0) is 16.7. The number of amides is 1. The van der Waals surface area contributed by atoms with Crippen LogP contribution in [-0.4, -0.2) is 34.0 Å². The van der Waals surface area contributed by atoms with E-state index >= 15 is 0 Å². The van der Waals surface area contributed by atoms with Gasteiger partial charge in [-0.1, -0.05) is 13.8 Å². The van der Waals surface area contributed by atoms with E-state index in [1.165, 1.54) is 0 Å². The highest BCUT2D eigenvalue weighted by Crippen LogP contribution is 2.18. The smallest absolute Gasteiger partial charge is 0.243 e. The zero-order valence-electron chi connectivity index (χ0n) is 14.0. The predicted molar refractivity (Wildman–Crippen MR) is 99.4 cm³/mol. The molecule has 2 rings (SSSR count). The molecule has 2 heterocycles. The minimum absolute atomic E-state index is 0.0934. The highest BCUT2D eigenvalue weighted by molar-refractivity contribution is 7.98. The van der Waals surface area contributed by atoms with Crippen LogP contribution in [0.1, 0.15) is 42.9 Å². The lowest BCUT2D eigenvalue weighted by Crippen LogP contribution is -2.33. The number of aromatic nitrogens is 2. The topological polar surface area (TPSA) is 46.9 Å². The van der Waals surface area contributed by atoms with Gasteiger partial charge in [-0.25, -0.2) is 4.98 Å². The molecule has 0 saturated heterocycles. The molecule has 4 nitrogen and oxygen atoms in total. The van der Waals surface area contributed by atoms with Crippen molar-refractivity contribution in [2.24, 2.45) is 0 Å². The molecular formula is C17H25N3OS2. The van der Waals surface area contributed by atoms with E-state index < -0.39 is 0 Å². The standard InChI is InChI=1S/C17H25N3OS2/c1-13(2)14-12-23-16(19-14)6-8-18-17(21)15(7-11-22-3)20-9-4-5-10-20/h4-5,9-10,12-13,15H,6-8,11H2,1-3H3,(H,18,21)/t15-/m0/s1. The van der Waals surface area contributed by atoms with E-state index in [1.54, 1.807) is 23.1 Å². The van der Waals surface area contributed by atoms with E-state index in [-0.39, 0.29) is 11.9 Å². The van der Waals surface area contributed by atoms with Gasteiger partial charge in [-0.2, -0.15) is 11.8 Å². The maximum Gasteiger partial charge on any atom is 0.243 e. The Labute approximate surface area is 146 Å². The number of nitrogens with one attached hydrogen (secondary N) is 1. The summed E-state index contributed by atoms with van der Waals surface area (Å²) in [4.78, 5) is 17.1.